The maximum absolute atomic E-state index is 5.54. The molecular formula is C23H29N5O. The molecule has 2 aliphatic heterocycles. The van der Waals surface area contributed by atoms with E-state index in [1.807, 2.05) is 12.3 Å². The van der Waals surface area contributed by atoms with Crippen LogP contribution in [0, 0.1) is 6.92 Å². The lowest BCUT2D eigenvalue weighted by Gasteiger charge is -2.28. The SMILES string of the molecule is Cc1cccnc1C1CCCN1Cc1nc2ccccn2c1CN1CCOCC1. The number of aromatic nitrogens is 3. The van der Waals surface area contributed by atoms with Crippen molar-refractivity contribution in [3.63, 3.8) is 0 Å². The number of morpholine rings is 1. The maximum Gasteiger partial charge on any atom is 0.137 e. The quantitative estimate of drug-likeness (QED) is 0.668. The fraction of sp³-hybridized carbons (Fsp3) is 0.478. The molecule has 0 N–H and O–H groups in total. The van der Waals surface area contributed by atoms with Crippen molar-refractivity contribution in [2.45, 2.75) is 38.9 Å². The van der Waals surface area contributed by atoms with Crippen LogP contribution in [0.3, 0.4) is 0 Å². The summed E-state index contributed by atoms with van der Waals surface area (Å²) in [7, 11) is 0. The number of aryl methyl sites for hydroxylation is 1. The fourth-order valence-corrected chi connectivity index (χ4v) is 4.72. The lowest BCUT2D eigenvalue weighted by molar-refractivity contribution is 0.0333. The number of likely N-dealkylation sites (tertiary alicyclic amines) is 1. The molecule has 6 nitrogen and oxygen atoms in total. The molecule has 0 bridgehead atoms. The summed E-state index contributed by atoms with van der Waals surface area (Å²) in [6, 6.07) is 10.9. The normalized spacial score (nSPS) is 21.2. The van der Waals surface area contributed by atoms with Gasteiger partial charge in [-0.2, -0.15) is 0 Å². The number of pyridine rings is 2. The molecule has 0 spiro atoms. The Morgan fingerprint density at radius 1 is 1.07 bits per heavy atom. The van der Waals surface area contributed by atoms with Gasteiger partial charge in [-0.05, 0) is 50.1 Å². The van der Waals surface area contributed by atoms with Gasteiger partial charge in [0.1, 0.15) is 5.65 Å². The van der Waals surface area contributed by atoms with Crippen LogP contribution in [0.5, 0.6) is 0 Å². The zero-order chi connectivity index (χ0) is 19.6. The van der Waals surface area contributed by atoms with Gasteiger partial charge >= 0.3 is 0 Å². The monoisotopic (exact) mass is 391 g/mol. The largest absolute Gasteiger partial charge is 0.379 e. The van der Waals surface area contributed by atoms with Crippen molar-refractivity contribution in [3.8, 4) is 0 Å². The zero-order valence-corrected chi connectivity index (χ0v) is 17.1. The molecule has 5 heterocycles. The molecule has 0 amide bonds. The molecule has 2 saturated heterocycles. The predicted molar refractivity (Wildman–Crippen MR) is 113 cm³/mol. The van der Waals surface area contributed by atoms with Crippen LogP contribution >= 0.6 is 0 Å². The highest BCUT2D eigenvalue weighted by Crippen LogP contribution is 2.34. The Hall–Kier alpha value is -2.28. The Morgan fingerprint density at radius 2 is 1.97 bits per heavy atom. The highest BCUT2D eigenvalue weighted by Gasteiger charge is 2.30. The summed E-state index contributed by atoms with van der Waals surface area (Å²) >= 11 is 0. The molecule has 2 fully saturated rings. The van der Waals surface area contributed by atoms with E-state index >= 15 is 0 Å². The highest BCUT2D eigenvalue weighted by molar-refractivity contribution is 5.43. The van der Waals surface area contributed by atoms with Crippen molar-refractivity contribution >= 4 is 5.65 Å². The smallest absolute Gasteiger partial charge is 0.137 e. The van der Waals surface area contributed by atoms with E-state index < -0.39 is 0 Å². The van der Waals surface area contributed by atoms with Crippen molar-refractivity contribution in [2.24, 2.45) is 0 Å². The van der Waals surface area contributed by atoms with Crippen LogP contribution in [0.15, 0.2) is 42.7 Å². The summed E-state index contributed by atoms with van der Waals surface area (Å²) in [5, 5.41) is 0. The Balaban J connectivity index is 1.45. The van der Waals surface area contributed by atoms with Crippen LogP contribution < -0.4 is 0 Å². The van der Waals surface area contributed by atoms with Gasteiger partial charge in [0, 0.05) is 38.6 Å². The van der Waals surface area contributed by atoms with Gasteiger partial charge in [0.15, 0.2) is 0 Å². The van der Waals surface area contributed by atoms with E-state index in [0.717, 1.165) is 51.6 Å². The fourth-order valence-electron chi connectivity index (χ4n) is 4.72. The lowest BCUT2D eigenvalue weighted by Crippen LogP contribution is -2.36. The minimum Gasteiger partial charge on any atom is -0.379 e. The Bertz CT molecular complexity index is 978. The summed E-state index contributed by atoms with van der Waals surface area (Å²) in [6.07, 6.45) is 6.45. The van der Waals surface area contributed by atoms with Crippen LogP contribution in [-0.2, 0) is 17.8 Å². The van der Waals surface area contributed by atoms with Crippen LogP contribution in [0.1, 0.15) is 41.5 Å². The molecule has 3 aromatic rings. The lowest BCUT2D eigenvalue weighted by atomic mass is 10.1. The number of hydrogen-bond acceptors (Lipinski definition) is 5. The van der Waals surface area contributed by atoms with E-state index in [2.05, 4.69) is 51.6 Å². The van der Waals surface area contributed by atoms with E-state index in [4.69, 9.17) is 14.7 Å². The van der Waals surface area contributed by atoms with Crippen molar-refractivity contribution < 1.29 is 4.74 Å². The van der Waals surface area contributed by atoms with Crippen molar-refractivity contribution in [1.82, 2.24) is 24.2 Å². The average Bonchev–Trinajstić information content (AvgIpc) is 3.34. The molecule has 6 heteroatoms. The Kier molecular flexibility index (Phi) is 5.31. The van der Waals surface area contributed by atoms with Crippen LogP contribution in [0.4, 0.5) is 0 Å². The molecule has 1 unspecified atom stereocenters. The second kappa shape index (κ2) is 8.22. The van der Waals surface area contributed by atoms with Gasteiger partial charge in [0.05, 0.1) is 36.3 Å². The van der Waals surface area contributed by atoms with Crippen LogP contribution in [0.2, 0.25) is 0 Å². The van der Waals surface area contributed by atoms with Gasteiger partial charge in [-0.3, -0.25) is 14.8 Å². The molecular weight excluding hydrogens is 362 g/mol. The predicted octanol–water partition coefficient (Wildman–Crippen LogP) is 3.21. The molecule has 3 aromatic heterocycles. The van der Waals surface area contributed by atoms with Gasteiger partial charge in [-0.15, -0.1) is 0 Å². The molecule has 0 aromatic carbocycles. The molecule has 1 atom stereocenters. The van der Waals surface area contributed by atoms with E-state index in [1.54, 1.807) is 0 Å². The Labute approximate surface area is 172 Å². The first-order valence-corrected chi connectivity index (χ1v) is 10.7. The second-order valence-electron chi connectivity index (χ2n) is 8.16. The third-order valence-electron chi connectivity index (χ3n) is 6.27. The highest BCUT2D eigenvalue weighted by atomic mass is 16.5. The molecule has 2 aliphatic rings. The van der Waals surface area contributed by atoms with Gasteiger partial charge < -0.3 is 9.14 Å². The summed E-state index contributed by atoms with van der Waals surface area (Å²) in [6.45, 7) is 8.68. The first kappa shape index (κ1) is 18.7. The zero-order valence-electron chi connectivity index (χ0n) is 17.1. The minimum absolute atomic E-state index is 0.386. The van der Waals surface area contributed by atoms with Crippen molar-refractivity contribution in [1.29, 1.82) is 0 Å². The van der Waals surface area contributed by atoms with Crippen LogP contribution in [-0.4, -0.2) is 57.0 Å². The van der Waals surface area contributed by atoms with E-state index in [-0.39, 0.29) is 0 Å². The summed E-state index contributed by atoms with van der Waals surface area (Å²) < 4.78 is 7.80. The number of imidazole rings is 1. The summed E-state index contributed by atoms with van der Waals surface area (Å²) in [5.41, 5.74) is 6.06. The maximum atomic E-state index is 5.54. The van der Waals surface area contributed by atoms with E-state index in [9.17, 15) is 0 Å². The molecule has 0 radical (unpaired) electrons. The van der Waals surface area contributed by atoms with Gasteiger partial charge in [0.2, 0.25) is 0 Å². The van der Waals surface area contributed by atoms with Crippen LogP contribution in [0.25, 0.3) is 5.65 Å². The molecule has 29 heavy (non-hydrogen) atoms. The first-order valence-electron chi connectivity index (χ1n) is 10.7. The number of nitrogens with zero attached hydrogens (tertiary/aromatic N) is 5. The standard InChI is InChI=1S/C23H29N5O/c1-18-6-4-9-24-23(18)20-7-5-10-27(20)16-19-21(17-26-12-14-29-15-13-26)28-11-3-2-8-22(28)25-19/h2-4,6,8-9,11,20H,5,7,10,12-17H2,1H3. The molecule has 0 saturated carbocycles. The second-order valence-corrected chi connectivity index (χ2v) is 8.16. The minimum atomic E-state index is 0.386. The molecule has 152 valence electrons. The summed E-state index contributed by atoms with van der Waals surface area (Å²) in [4.78, 5) is 14.8. The number of hydrogen-bond donors (Lipinski definition) is 0. The topological polar surface area (TPSA) is 45.9 Å². The number of rotatable bonds is 5. The van der Waals surface area contributed by atoms with Gasteiger partial charge in [0.25, 0.3) is 0 Å². The third kappa shape index (κ3) is 3.80. The van der Waals surface area contributed by atoms with Crippen molar-refractivity contribution in [3.05, 3.63) is 65.4 Å². The van der Waals surface area contributed by atoms with Gasteiger partial charge in [-0.25, -0.2) is 4.98 Å². The van der Waals surface area contributed by atoms with Crippen molar-refractivity contribution in [2.75, 3.05) is 32.8 Å². The molecule has 0 aliphatic carbocycles. The third-order valence-corrected chi connectivity index (χ3v) is 6.27. The van der Waals surface area contributed by atoms with E-state index in [0.29, 0.717) is 6.04 Å². The summed E-state index contributed by atoms with van der Waals surface area (Å²) in [5.74, 6) is 0. The Morgan fingerprint density at radius 3 is 2.83 bits per heavy atom. The average molecular weight is 392 g/mol. The first-order chi connectivity index (χ1) is 14.3. The van der Waals surface area contributed by atoms with E-state index in [1.165, 1.54) is 35.5 Å². The van der Waals surface area contributed by atoms with Gasteiger partial charge in [-0.1, -0.05) is 12.1 Å². The molecule has 5 rings (SSSR count). The number of fused-ring (bicyclic) bond motifs is 1. The number of ether oxygens (including phenoxy) is 1.